The van der Waals surface area contributed by atoms with Crippen molar-refractivity contribution in [1.82, 2.24) is 20.3 Å². The van der Waals surface area contributed by atoms with E-state index in [2.05, 4.69) is 25.6 Å². The Labute approximate surface area is 162 Å². The van der Waals surface area contributed by atoms with Crippen molar-refractivity contribution in [3.8, 4) is 0 Å². The van der Waals surface area contributed by atoms with E-state index in [1.165, 1.54) is 12.3 Å². The molecule has 0 unspecified atom stereocenters. The highest BCUT2D eigenvalue weighted by Gasteiger charge is 2.10. The molecule has 1 amide bonds. The minimum absolute atomic E-state index is 0.233. The predicted molar refractivity (Wildman–Crippen MR) is 103 cm³/mol. The first kappa shape index (κ1) is 19.0. The Morgan fingerprint density at radius 1 is 1.00 bits per heavy atom. The van der Waals surface area contributed by atoms with E-state index in [4.69, 9.17) is 4.74 Å². The van der Waals surface area contributed by atoms with Gasteiger partial charge >= 0.3 is 5.97 Å². The first-order valence-corrected chi connectivity index (χ1v) is 8.71. The zero-order chi connectivity index (χ0) is 19.8. The second-order valence-electron chi connectivity index (χ2n) is 5.69. The molecule has 2 aromatic heterocycles. The van der Waals surface area contributed by atoms with E-state index in [9.17, 15) is 9.59 Å². The standard InChI is InChI=1S/C20H19N5O3/c1-2-28-19(27)14-6-8-15(9-7-14)24-20-22-12-10-17(25-20)18(26)23-13-16-5-3-4-11-21-16/h3-12H,2,13H2,1H3,(H,23,26)(H,22,24,25). The average molecular weight is 377 g/mol. The van der Waals surface area contributed by atoms with E-state index in [1.807, 2.05) is 18.2 Å². The fourth-order valence-electron chi connectivity index (χ4n) is 2.34. The normalized spacial score (nSPS) is 10.2. The maximum Gasteiger partial charge on any atom is 0.338 e. The van der Waals surface area contributed by atoms with Crippen molar-refractivity contribution >= 4 is 23.5 Å². The Kier molecular flexibility index (Phi) is 6.25. The number of hydrogen-bond donors (Lipinski definition) is 2. The Morgan fingerprint density at radius 3 is 2.54 bits per heavy atom. The monoisotopic (exact) mass is 377 g/mol. The summed E-state index contributed by atoms with van der Waals surface area (Å²) in [7, 11) is 0. The number of benzene rings is 1. The number of pyridine rings is 1. The number of rotatable bonds is 7. The summed E-state index contributed by atoms with van der Waals surface area (Å²) in [5.74, 6) is -0.431. The van der Waals surface area contributed by atoms with Crippen molar-refractivity contribution in [3.63, 3.8) is 0 Å². The summed E-state index contributed by atoms with van der Waals surface area (Å²) in [5.41, 5.74) is 2.12. The molecule has 2 heterocycles. The zero-order valence-corrected chi connectivity index (χ0v) is 15.3. The SMILES string of the molecule is CCOC(=O)c1ccc(Nc2nccc(C(=O)NCc3ccccn3)n2)cc1. The van der Waals surface area contributed by atoms with Crippen LogP contribution in [-0.2, 0) is 11.3 Å². The number of aromatic nitrogens is 3. The van der Waals surface area contributed by atoms with Gasteiger partial charge in [-0.1, -0.05) is 6.07 Å². The molecule has 0 radical (unpaired) electrons. The van der Waals surface area contributed by atoms with E-state index in [0.717, 1.165) is 5.69 Å². The number of anilines is 2. The average Bonchev–Trinajstić information content (AvgIpc) is 2.73. The van der Waals surface area contributed by atoms with Crippen LogP contribution in [0.4, 0.5) is 11.6 Å². The van der Waals surface area contributed by atoms with Gasteiger partial charge in [0.1, 0.15) is 5.69 Å². The van der Waals surface area contributed by atoms with Crippen molar-refractivity contribution in [2.75, 3.05) is 11.9 Å². The van der Waals surface area contributed by atoms with Crippen LogP contribution in [0.2, 0.25) is 0 Å². The molecule has 0 saturated carbocycles. The van der Waals surface area contributed by atoms with Crippen LogP contribution in [0.1, 0.15) is 33.5 Å². The minimum Gasteiger partial charge on any atom is -0.462 e. The molecule has 0 aliphatic heterocycles. The zero-order valence-electron chi connectivity index (χ0n) is 15.3. The van der Waals surface area contributed by atoms with Crippen molar-refractivity contribution in [3.05, 3.63) is 77.9 Å². The highest BCUT2D eigenvalue weighted by Crippen LogP contribution is 2.14. The molecule has 3 rings (SSSR count). The molecule has 1 aromatic carbocycles. The Balaban J connectivity index is 1.62. The van der Waals surface area contributed by atoms with E-state index in [-0.39, 0.29) is 23.5 Å². The Morgan fingerprint density at radius 2 is 1.82 bits per heavy atom. The molecule has 0 saturated heterocycles. The highest BCUT2D eigenvalue weighted by atomic mass is 16.5. The van der Waals surface area contributed by atoms with Crippen LogP contribution in [0.15, 0.2) is 60.9 Å². The maximum absolute atomic E-state index is 12.3. The van der Waals surface area contributed by atoms with E-state index >= 15 is 0 Å². The van der Waals surface area contributed by atoms with Crippen LogP contribution in [0.5, 0.6) is 0 Å². The first-order chi connectivity index (χ1) is 13.7. The molecule has 8 heteroatoms. The topological polar surface area (TPSA) is 106 Å². The molecule has 142 valence electrons. The molecule has 0 aliphatic rings. The predicted octanol–water partition coefficient (Wildman–Crippen LogP) is 2.72. The summed E-state index contributed by atoms with van der Waals surface area (Å²) >= 11 is 0. The second-order valence-corrected chi connectivity index (χ2v) is 5.69. The quantitative estimate of drug-likeness (QED) is 0.610. The lowest BCUT2D eigenvalue weighted by Gasteiger charge is -2.08. The lowest BCUT2D eigenvalue weighted by atomic mass is 10.2. The smallest absolute Gasteiger partial charge is 0.338 e. The highest BCUT2D eigenvalue weighted by molar-refractivity contribution is 5.92. The number of carbonyl (C=O) groups excluding carboxylic acids is 2. The fourth-order valence-corrected chi connectivity index (χ4v) is 2.34. The number of nitrogens with one attached hydrogen (secondary N) is 2. The molecule has 8 nitrogen and oxygen atoms in total. The molecule has 0 fully saturated rings. The van der Waals surface area contributed by atoms with Gasteiger partial charge in [-0.3, -0.25) is 9.78 Å². The van der Waals surface area contributed by atoms with Gasteiger partial charge in [0.15, 0.2) is 0 Å². The summed E-state index contributed by atoms with van der Waals surface area (Å²) in [6.07, 6.45) is 3.17. The minimum atomic E-state index is -0.378. The molecule has 0 bridgehead atoms. The van der Waals surface area contributed by atoms with E-state index < -0.39 is 0 Å². The molecule has 0 aliphatic carbocycles. The van der Waals surface area contributed by atoms with Gasteiger partial charge in [0.05, 0.1) is 24.4 Å². The molecular weight excluding hydrogens is 358 g/mol. The van der Waals surface area contributed by atoms with Crippen LogP contribution < -0.4 is 10.6 Å². The number of amides is 1. The van der Waals surface area contributed by atoms with Gasteiger partial charge in [0.2, 0.25) is 5.95 Å². The van der Waals surface area contributed by atoms with Crippen molar-refractivity contribution in [1.29, 1.82) is 0 Å². The van der Waals surface area contributed by atoms with Gasteiger partial charge in [-0.15, -0.1) is 0 Å². The van der Waals surface area contributed by atoms with Gasteiger partial charge < -0.3 is 15.4 Å². The third-order valence-corrected chi connectivity index (χ3v) is 3.70. The van der Waals surface area contributed by atoms with Crippen LogP contribution >= 0.6 is 0 Å². The summed E-state index contributed by atoms with van der Waals surface area (Å²) < 4.78 is 4.95. The van der Waals surface area contributed by atoms with Crippen molar-refractivity contribution < 1.29 is 14.3 Å². The molecule has 3 aromatic rings. The van der Waals surface area contributed by atoms with Crippen molar-refractivity contribution in [2.24, 2.45) is 0 Å². The number of esters is 1. The van der Waals surface area contributed by atoms with E-state index in [1.54, 1.807) is 37.4 Å². The molecule has 2 N–H and O–H groups in total. The lowest BCUT2D eigenvalue weighted by Crippen LogP contribution is -2.24. The van der Waals surface area contributed by atoms with Gasteiger partial charge in [0.25, 0.3) is 5.91 Å². The van der Waals surface area contributed by atoms with Crippen LogP contribution in [0, 0.1) is 0 Å². The summed E-state index contributed by atoms with van der Waals surface area (Å²) in [6, 6.07) is 13.7. The van der Waals surface area contributed by atoms with Crippen LogP contribution in [0.25, 0.3) is 0 Å². The fraction of sp³-hybridized carbons (Fsp3) is 0.150. The lowest BCUT2D eigenvalue weighted by molar-refractivity contribution is 0.0526. The van der Waals surface area contributed by atoms with Gasteiger partial charge in [-0.2, -0.15) is 0 Å². The van der Waals surface area contributed by atoms with Gasteiger partial charge in [-0.05, 0) is 49.4 Å². The molecule has 0 atom stereocenters. The Bertz CT molecular complexity index is 946. The van der Waals surface area contributed by atoms with Gasteiger partial charge in [0, 0.05) is 18.1 Å². The first-order valence-electron chi connectivity index (χ1n) is 8.71. The second kappa shape index (κ2) is 9.22. The number of carbonyl (C=O) groups is 2. The van der Waals surface area contributed by atoms with Crippen LogP contribution in [-0.4, -0.2) is 33.4 Å². The summed E-state index contributed by atoms with van der Waals surface area (Å²) in [4.78, 5) is 36.5. The van der Waals surface area contributed by atoms with Crippen LogP contribution in [0.3, 0.4) is 0 Å². The molecule has 0 spiro atoms. The van der Waals surface area contributed by atoms with Crippen molar-refractivity contribution in [2.45, 2.75) is 13.5 Å². The molecular formula is C20H19N5O3. The number of nitrogens with zero attached hydrogens (tertiary/aromatic N) is 3. The largest absolute Gasteiger partial charge is 0.462 e. The Hall–Kier alpha value is -3.81. The maximum atomic E-state index is 12.3. The third-order valence-electron chi connectivity index (χ3n) is 3.70. The number of hydrogen-bond acceptors (Lipinski definition) is 7. The summed E-state index contributed by atoms with van der Waals surface area (Å²) in [5, 5.41) is 5.77. The third kappa shape index (κ3) is 5.10. The van der Waals surface area contributed by atoms with E-state index in [0.29, 0.717) is 24.4 Å². The molecule has 28 heavy (non-hydrogen) atoms. The number of ether oxygens (including phenoxy) is 1. The van der Waals surface area contributed by atoms with Gasteiger partial charge in [-0.25, -0.2) is 14.8 Å². The summed E-state index contributed by atoms with van der Waals surface area (Å²) in [6.45, 7) is 2.38.